The molecule has 1 N–H and O–H groups in total. The molecular weight excluding hydrogens is 275 g/mol. The van der Waals surface area contributed by atoms with Crippen LogP contribution in [-0.2, 0) is 6.18 Å². The van der Waals surface area contributed by atoms with Crippen LogP contribution in [0.2, 0.25) is 0 Å². The molecule has 104 valence electrons. The number of benzene rings is 1. The summed E-state index contributed by atoms with van der Waals surface area (Å²) < 4.78 is 38.4. The maximum atomic E-state index is 12.8. The van der Waals surface area contributed by atoms with E-state index in [1.807, 2.05) is 0 Å². The van der Waals surface area contributed by atoms with E-state index in [1.165, 1.54) is 18.2 Å². The lowest BCUT2D eigenvalue weighted by atomic mass is 9.99. The summed E-state index contributed by atoms with van der Waals surface area (Å²) in [4.78, 5) is 12.0. The summed E-state index contributed by atoms with van der Waals surface area (Å²) >= 11 is 1.71. The van der Waals surface area contributed by atoms with Gasteiger partial charge in [0.1, 0.15) is 0 Å². The monoisotopic (exact) mass is 289 g/mol. The van der Waals surface area contributed by atoms with Crippen LogP contribution < -0.4 is 5.32 Å². The van der Waals surface area contributed by atoms with Crippen LogP contribution in [0.15, 0.2) is 24.3 Å². The topological polar surface area (TPSA) is 29.1 Å². The Hall–Kier alpha value is -1.01. The molecule has 0 bridgehead atoms. The van der Waals surface area contributed by atoms with Gasteiger partial charge in [0.05, 0.1) is 5.56 Å². The van der Waals surface area contributed by atoms with Crippen molar-refractivity contribution in [1.82, 2.24) is 5.32 Å². The van der Waals surface area contributed by atoms with Gasteiger partial charge >= 0.3 is 6.18 Å². The minimum Gasteiger partial charge on any atom is -0.312 e. The molecule has 1 saturated heterocycles. The third-order valence-corrected chi connectivity index (χ3v) is 4.09. The highest BCUT2D eigenvalue weighted by molar-refractivity contribution is 7.99. The number of halogens is 3. The number of hydrogen-bond donors (Lipinski definition) is 1. The molecule has 2 nitrogen and oxygen atoms in total. The highest BCUT2D eigenvalue weighted by Gasteiger charge is 2.35. The Labute approximate surface area is 113 Å². The van der Waals surface area contributed by atoms with Crippen molar-refractivity contribution >= 4 is 17.5 Å². The van der Waals surface area contributed by atoms with Crippen molar-refractivity contribution in [1.29, 1.82) is 0 Å². The van der Waals surface area contributed by atoms with Gasteiger partial charge in [0.15, 0.2) is 5.78 Å². The van der Waals surface area contributed by atoms with Crippen LogP contribution in [0, 0.1) is 0 Å². The first-order valence-corrected chi connectivity index (χ1v) is 7.14. The van der Waals surface area contributed by atoms with E-state index in [0.717, 1.165) is 24.1 Å². The molecule has 1 atom stereocenters. The molecule has 6 heteroatoms. The first kappa shape index (κ1) is 14.4. The Kier molecular flexibility index (Phi) is 4.52. The van der Waals surface area contributed by atoms with Gasteiger partial charge in [-0.2, -0.15) is 24.9 Å². The van der Waals surface area contributed by atoms with Crippen molar-refractivity contribution in [2.24, 2.45) is 0 Å². The second kappa shape index (κ2) is 5.96. The molecule has 1 heterocycles. The SMILES string of the molecule is O=C(CC1CSCCN1)c1ccccc1C(F)(F)F. The molecule has 19 heavy (non-hydrogen) atoms. The molecule has 1 aromatic rings. The van der Waals surface area contributed by atoms with Crippen LogP contribution in [-0.4, -0.2) is 29.9 Å². The van der Waals surface area contributed by atoms with E-state index in [2.05, 4.69) is 5.32 Å². The molecule has 1 aliphatic rings. The first-order chi connectivity index (χ1) is 8.98. The van der Waals surface area contributed by atoms with Gasteiger partial charge in [0, 0.05) is 36.1 Å². The Morgan fingerprint density at radius 1 is 1.37 bits per heavy atom. The van der Waals surface area contributed by atoms with Gasteiger partial charge in [0.25, 0.3) is 0 Å². The maximum absolute atomic E-state index is 12.8. The lowest BCUT2D eigenvalue weighted by Gasteiger charge is -2.23. The van der Waals surface area contributed by atoms with Crippen LogP contribution in [0.5, 0.6) is 0 Å². The third-order valence-electron chi connectivity index (χ3n) is 2.96. The summed E-state index contributed by atoms with van der Waals surface area (Å²) in [5.41, 5.74) is -1.07. The Balaban J connectivity index is 2.14. The van der Waals surface area contributed by atoms with Gasteiger partial charge in [0.2, 0.25) is 0 Å². The molecule has 0 radical (unpaired) electrons. The van der Waals surface area contributed by atoms with Gasteiger partial charge in [-0.15, -0.1) is 0 Å². The van der Waals surface area contributed by atoms with Gasteiger partial charge in [-0.05, 0) is 6.07 Å². The average molecular weight is 289 g/mol. The summed E-state index contributed by atoms with van der Waals surface area (Å²) in [6.45, 7) is 0.795. The van der Waals surface area contributed by atoms with E-state index in [1.54, 1.807) is 11.8 Å². The lowest BCUT2D eigenvalue weighted by Crippen LogP contribution is -2.39. The van der Waals surface area contributed by atoms with Crippen molar-refractivity contribution in [3.05, 3.63) is 35.4 Å². The van der Waals surface area contributed by atoms with Gasteiger partial charge < -0.3 is 5.32 Å². The molecular formula is C13H14F3NOS. The van der Waals surface area contributed by atoms with Crippen molar-refractivity contribution in [2.45, 2.75) is 18.6 Å². The second-order valence-corrected chi connectivity index (χ2v) is 5.55. The van der Waals surface area contributed by atoms with E-state index in [9.17, 15) is 18.0 Å². The summed E-state index contributed by atoms with van der Waals surface area (Å²) in [5, 5.41) is 3.16. The summed E-state index contributed by atoms with van der Waals surface area (Å²) in [5.74, 6) is 1.29. The van der Waals surface area contributed by atoms with E-state index in [0.29, 0.717) is 0 Å². The van der Waals surface area contributed by atoms with E-state index < -0.39 is 17.5 Å². The average Bonchev–Trinajstić information content (AvgIpc) is 2.39. The number of Topliss-reactive ketones (excluding diaryl/α,β-unsaturated/α-hetero) is 1. The molecule has 2 rings (SSSR count). The third kappa shape index (κ3) is 3.73. The highest BCUT2D eigenvalue weighted by atomic mass is 32.2. The van der Waals surface area contributed by atoms with E-state index in [4.69, 9.17) is 0 Å². The normalized spacial score (nSPS) is 20.3. The number of thioether (sulfide) groups is 1. The van der Waals surface area contributed by atoms with Gasteiger partial charge in [-0.25, -0.2) is 0 Å². The minimum atomic E-state index is -4.49. The quantitative estimate of drug-likeness (QED) is 0.867. The zero-order chi connectivity index (χ0) is 13.9. The van der Waals surface area contributed by atoms with Crippen LogP contribution in [0.4, 0.5) is 13.2 Å². The number of alkyl halides is 3. The Morgan fingerprint density at radius 2 is 2.11 bits per heavy atom. The smallest absolute Gasteiger partial charge is 0.312 e. The molecule has 1 aliphatic heterocycles. The molecule has 0 aromatic heterocycles. The van der Waals surface area contributed by atoms with Crippen LogP contribution in [0.1, 0.15) is 22.3 Å². The van der Waals surface area contributed by atoms with Crippen molar-refractivity contribution in [3.63, 3.8) is 0 Å². The summed E-state index contributed by atoms with van der Waals surface area (Å²) in [6.07, 6.45) is -4.37. The minimum absolute atomic E-state index is 0.0347. The standard InChI is InChI=1S/C13H14F3NOS/c14-13(15,16)11-4-2-1-3-10(11)12(18)7-9-8-19-6-5-17-9/h1-4,9,17H,5-8H2. The molecule has 0 spiro atoms. The number of carbonyl (C=O) groups is 1. The number of rotatable bonds is 3. The molecule has 1 unspecified atom stereocenters. The molecule has 1 fully saturated rings. The number of hydrogen-bond acceptors (Lipinski definition) is 3. The largest absolute Gasteiger partial charge is 0.417 e. The zero-order valence-electron chi connectivity index (χ0n) is 10.2. The molecule has 0 saturated carbocycles. The number of ketones is 1. The first-order valence-electron chi connectivity index (χ1n) is 5.99. The highest BCUT2D eigenvalue weighted by Crippen LogP contribution is 2.32. The fourth-order valence-corrected chi connectivity index (χ4v) is 3.01. The van der Waals surface area contributed by atoms with Crippen molar-refractivity contribution < 1.29 is 18.0 Å². The second-order valence-electron chi connectivity index (χ2n) is 4.40. The van der Waals surface area contributed by atoms with Crippen LogP contribution in [0.3, 0.4) is 0 Å². The molecule has 0 amide bonds. The van der Waals surface area contributed by atoms with Gasteiger partial charge in [-0.3, -0.25) is 4.79 Å². The molecule has 0 aliphatic carbocycles. The van der Waals surface area contributed by atoms with Crippen LogP contribution >= 0.6 is 11.8 Å². The number of carbonyl (C=O) groups excluding carboxylic acids is 1. The van der Waals surface area contributed by atoms with Crippen molar-refractivity contribution in [3.8, 4) is 0 Å². The number of nitrogens with one attached hydrogen (secondary N) is 1. The van der Waals surface area contributed by atoms with E-state index >= 15 is 0 Å². The fraction of sp³-hybridized carbons (Fsp3) is 0.462. The Bertz CT molecular complexity index is 455. The maximum Gasteiger partial charge on any atom is 0.417 e. The lowest BCUT2D eigenvalue weighted by molar-refractivity contribution is -0.137. The van der Waals surface area contributed by atoms with Crippen molar-refractivity contribution in [2.75, 3.05) is 18.1 Å². The fourth-order valence-electron chi connectivity index (χ4n) is 2.06. The summed E-state index contributed by atoms with van der Waals surface area (Å²) in [7, 11) is 0. The predicted molar refractivity (Wildman–Crippen MR) is 69.5 cm³/mol. The molecule has 1 aromatic carbocycles. The van der Waals surface area contributed by atoms with Crippen LogP contribution in [0.25, 0.3) is 0 Å². The predicted octanol–water partition coefficient (Wildman–Crippen LogP) is 2.98. The Morgan fingerprint density at radius 3 is 2.74 bits per heavy atom. The van der Waals surface area contributed by atoms with E-state index in [-0.39, 0.29) is 18.0 Å². The van der Waals surface area contributed by atoms with Gasteiger partial charge in [-0.1, -0.05) is 18.2 Å². The summed E-state index contributed by atoms with van der Waals surface area (Å²) in [6, 6.07) is 4.93. The zero-order valence-corrected chi connectivity index (χ0v) is 11.0.